The highest BCUT2D eigenvalue weighted by Gasteiger charge is 2.29. The van der Waals surface area contributed by atoms with Gasteiger partial charge in [-0.15, -0.1) is 23.7 Å². The average molecular weight is 512 g/mol. The summed E-state index contributed by atoms with van der Waals surface area (Å²) in [5, 5.41) is 4.03. The maximum absolute atomic E-state index is 12.8. The molecule has 0 saturated carbocycles. The predicted molar refractivity (Wildman–Crippen MR) is 132 cm³/mol. The highest BCUT2D eigenvalue weighted by Crippen LogP contribution is 2.38. The lowest BCUT2D eigenvalue weighted by molar-refractivity contribution is 0.0600. The maximum Gasteiger partial charge on any atom is 0.341 e. The number of carbonyl (C=O) groups is 2. The molecular weight excluding hydrogens is 491 g/mol. The summed E-state index contributed by atoms with van der Waals surface area (Å²) in [5.41, 5.74) is 2.90. The molecule has 0 aliphatic carbocycles. The van der Waals surface area contributed by atoms with Gasteiger partial charge in [-0.05, 0) is 35.7 Å². The van der Waals surface area contributed by atoms with Gasteiger partial charge in [-0.2, -0.15) is 0 Å². The van der Waals surface area contributed by atoms with Crippen LogP contribution in [0, 0.1) is 0 Å². The number of hydrogen-bond acceptors (Lipinski definition) is 5. The van der Waals surface area contributed by atoms with E-state index in [1.165, 1.54) is 30.1 Å². The Kier molecular flexibility index (Phi) is 8.20. The van der Waals surface area contributed by atoms with Crippen molar-refractivity contribution in [2.45, 2.75) is 19.5 Å². The third-order valence-electron chi connectivity index (χ3n) is 5.18. The maximum atomic E-state index is 12.8. The minimum absolute atomic E-state index is 0. The van der Waals surface area contributed by atoms with Gasteiger partial charge in [0.15, 0.2) is 0 Å². The van der Waals surface area contributed by atoms with E-state index in [-0.39, 0.29) is 17.4 Å². The topological polar surface area (TPSA) is 58.6 Å². The van der Waals surface area contributed by atoms with E-state index in [0.29, 0.717) is 34.1 Å². The summed E-state index contributed by atoms with van der Waals surface area (Å²) >= 11 is 13.5. The number of ether oxygens (including phenoxy) is 1. The molecule has 0 unspecified atom stereocenters. The number of halogens is 3. The van der Waals surface area contributed by atoms with E-state index in [9.17, 15) is 9.59 Å². The third-order valence-corrected chi connectivity index (χ3v) is 6.86. The van der Waals surface area contributed by atoms with Crippen LogP contribution in [0.3, 0.4) is 0 Å². The number of methoxy groups -OCH3 is 1. The molecule has 4 rings (SSSR count). The molecule has 3 aromatic rings. The molecule has 0 radical (unpaired) electrons. The summed E-state index contributed by atoms with van der Waals surface area (Å²) in [6.45, 7) is 2.35. The van der Waals surface area contributed by atoms with Crippen molar-refractivity contribution in [2.24, 2.45) is 0 Å². The Balaban J connectivity index is 0.00000289. The standard InChI is InChI=1S/C23H20Cl2N2O3S.ClH/c1-30-23(29)20-17-9-10-27(12-14-5-3-2-4-6-14)13-19(17)31-22(20)26-21(28)16-8-7-15(24)11-18(16)25;/h2-8,11H,9-10,12-13H2,1H3,(H,26,28);1H. The van der Waals surface area contributed by atoms with Crippen molar-refractivity contribution in [1.82, 2.24) is 4.90 Å². The van der Waals surface area contributed by atoms with Crippen molar-refractivity contribution < 1.29 is 14.3 Å². The summed E-state index contributed by atoms with van der Waals surface area (Å²) in [7, 11) is 1.35. The van der Waals surface area contributed by atoms with Crippen molar-refractivity contribution in [3.8, 4) is 0 Å². The number of amides is 1. The lowest BCUT2D eigenvalue weighted by atomic mass is 10.0. The molecule has 0 bridgehead atoms. The Morgan fingerprint density at radius 2 is 1.91 bits per heavy atom. The zero-order chi connectivity index (χ0) is 22.0. The number of hydrogen-bond donors (Lipinski definition) is 1. The van der Waals surface area contributed by atoms with E-state index in [4.69, 9.17) is 27.9 Å². The molecule has 2 heterocycles. The zero-order valence-corrected chi connectivity index (χ0v) is 20.3. The normalized spacial score (nSPS) is 13.1. The van der Waals surface area contributed by atoms with Gasteiger partial charge >= 0.3 is 5.97 Å². The third kappa shape index (κ3) is 5.27. The van der Waals surface area contributed by atoms with Gasteiger partial charge in [0.2, 0.25) is 0 Å². The lowest BCUT2D eigenvalue weighted by Gasteiger charge is -2.27. The Labute approximate surface area is 206 Å². The Morgan fingerprint density at radius 1 is 1.16 bits per heavy atom. The fourth-order valence-corrected chi connectivity index (χ4v) is 5.45. The molecule has 1 aromatic heterocycles. The van der Waals surface area contributed by atoms with Crippen molar-refractivity contribution in [3.63, 3.8) is 0 Å². The van der Waals surface area contributed by atoms with Crippen LogP contribution in [0.1, 0.15) is 36.7 Å². The number of anilines is 1. The lowest BCUT2D eigenvalue weighted by Crippen LogP contribution is -2.29. The molecule has 0 fully saturated rings. The van der Waals surface area contributed by atoms with E-state index in [1.54, 1.807) is 12.1 Å². The molecule has 5 nitrogen and oxygen atoms in total. The molecule has 1 amide bonds. The van der Waals surface area contributed by atoms with Crippen LogP contribution >= 0.6 is 46.9 Å². The summed E-state index contributed by atoms with van der Waals surface area (Å²) < 4.78 is 5.01. The van der Waals surface area contributed by atoms with Crippen molar-refractivity contribution in [2.75, 3.05) is 19.0 Å². The molecule has 1 aliphatic rings. The number of nitrogens with one attached hydrogen (secondary N) is 1. The Morgan fingerprint density at radius 3 is 2.59 bits per heavy atom. The molecule has 32 heavy (non-hydrogen) atoms. The second kappa shape index (κ2) is 10.7. The van der Waals surface area contributed by atoms with Crippen LogP contribution in [0.2, 0.25) is 10.0 Å². The quantitative estimate of drug-likeness (QED) is 0.422. The molecular formula is C23H21Cl3N2O3S. The van der Waals surface area contributed by atoms with Gasteiger partial charge < -0.3 is 10.1 Å². The van der Waals surface area contributed by atoms with Crippen LogP contribution in [0.4, 0.5) is 5.00 Å². The van der Waals surface area contributed by atoms with Crippen molar-refractivity contribution in [3.05, 3.63) is 85.7 Å². The SMILES string of the molecule is COC(=O)c1c(NC(=O)c2ccc(Cl)cc2Cl)sc2c1CCN(Cc1ccccc1)C2.Cl. The number of esters is 1. The summed E-state index contributed by atoms with van der Waals surface area (Å²) in [5.74, 6) is -0.849. The van der Waals surface area contributed by atoms with Crippen LogP contribution in [-0.4, -0.2) is 30.4 Å². The highest BCUT2D eigenvalue weighted by molar-refractivity contribution is 7.17. The number of benzene rings is 2. The Hall–Kier alpha value is -2.09. The van der Waals surface area contributed by atoms with Crippen LogP contribution in [0.5, 0.6) is 0 Å². The molecule has 168 valence electrons. The van der Waals surface area contributed by atoms with Crippen LogP contribution in [0.25, 0.3) is 0 Å². The van der Waals surface area contributed by atoms with Crippen LogP contribution in [0.15, 0.2) is 48.5 Å². The number of rotatable bonds is 5. The summed E-state index contributed by atoms with van der Waals surface area (Å²) in [6, 6.07) is 14.9. The van der Waals surface area contributed by atoms with E-state index < -0.39 is 11.9 Å². The van der Waals surface area contributed by atoms with Crippen molar-refractivity contribution >= 4 is 63.8 Å². The molecule has 0 saturated heterocycles. The van der Waals surface area contributed by atoms with Gasteiger partial charge in [0.1, 0.15) is 5.00 Å². The number of thiophene rings is 1. The second-order valence-electron chi connectivity index (χ2n) is 7.22. The fourth-order valence-electron chi connectivity index (χ4n) is 3.68. The highest BCUT2D eigenvalue weighted by atomic mass is 35.5. The number of nitrogens with zero attached hydrogens (tertiary/aromatic N) is 1. The van der Waals surface area contributed by atoms with Gasteiger partial charge in [-0.1, -0.05) is 53.5 Å². The van der Waals surface area contributed by atoms with E-state index >= 15 is 0 Å². The first kappa shape index (κ1) is 24.6. The minimum atomic E-state index is -0.452. The van der Waals surface area contributed by atoms with E-state index in [2.05, 4.69) is 22.3 Å². The van der Waals surface area contributed by atoms with Gasteiger partial charge in [0.25, 0.3) is 5.91 Å². The minimum Gasteiger partial charge on any atom is -0.465 e. The van der Waals surface area contributed by atoms with Gasteiger partial charge in [0, 0.05) is 29.5 Å². The first-order valence-corrected chi connectivity index (χ1v) is 11.3. The van der Waals surface area contributed by atoms with Gasteiger partial charge in [0.05, 0.1) is 23.3 Å². The number of fused-ring (bicyclic) bond motifs is 1. The number of carbonyl (C=O) groups excluding carboxylic acids is 2. The molecule has 1 aliphatic heterocycles. The smallest absolute Gasteiger partial charge is 0.341 e. The summed E-state index contributed by atoms with van der Waals surface area (Å²) in [4.78, 5) is 28.8. The van der Waals surface area contributed by atoms with Crippen LogP contribution < -0.4 is 5.32 Å². The predicted octanol–water partition coefficient (Wildman–Crippen LogP) is 6.07. The van der Waals surface area contributed by atoms with Crippen LogP contribution in [-0.2, 0) is 24.2 Å². The van der Waals surface area contributed by atoms with Gasteiger partial charge in [-0.25, -0.2) is 4.79 Å². The van der Waals surface area contributed by atoms with E-state index in [1.807, 2.05) is 18.2 Å². The largest absolute Gasteiger partial charge is 0.465 e. The first-order chi connectivity index (χ1) is 15.0. The fraction of sp³-hybridized carbons (Fsp3) is 0.217. The Bertz CT molecular complexity index is 1140. The van der Waals surface area contributed by atoms with Gasteiger partial charge in [-0.3, -0.25) is 9.69 Å². The summed E-state index contributed by atoms with van der Waals surface area (Å²) in [6.07, 6.45) is 0.709. The second-order valence-corrected chi connectivity index (χ2v) is 9.17. The van der Waals surface area contributed by atoms with Crippen molar-refractivity contribution in [1.29, 1.82) is 0 Å². The van der Waals surface area contributed by atoms with E-state index in [0.717, 1.165) is 23.5 Å². The monoisotopic (exact) mass is 510 g/mol. The molecule has 2 aromatic carbocycles. The first-order valence-electron chi connectivity index (χ1n) is 9.71. The molecule has 9 heteroatoms. The average Bonchev–Trinajstić information content (AvgIpc) is 3.10. The molecule has 1 N–H and O–H groups in total. The molecule has 0 spiro atoms. The zero-order valence-electron chi connectivity index (χ0n) is 17.2. The molecule has 0 atom stereocenters.